The molecule has 1 aromatic carbocycles. The third kappa shape index (κ3) is 3.63. The van der Waals surface area contributed by atoms with Crippen LogP contribution in [0.25, 0.3) is 10.9 Å². The van der Waals surface area contributed by atoms with Gasteiger partial charge in [-0.2, -0.15) is 9.40 Å². The van der Waals surface area contributed by atoms with Crippen molar-refractivity contribution in [2.75, 3.05) is 31.1 Å². The van der Waals surface area contributed by atoms with E-state index in [1.54, 1.807) is 17.9 Å². The number of aryl methyl sites for hydroxylation is 1. The normalized spacial score (nSPS) is 18.8. The molecule has 0 N–H and O–H groups in total. The van der Waals surface area contributed by atoms with Gasteiger partial charge in [-0.15, -0.1) is 0 Å². The summed E-state index contributed by atoms with van der Waals surface area (Å²) in [5.41, 5.74) is 1.66. The van der Waals surface area contributed by atoms with Gasteiger partial charge in [0.25, 0.3) is 5.56 Å². The van der Waals surface area contributed by atoms with E-state index < -0.39 is 10.0 Å². The number of anilines is 1. The van der Waals surface area contributed by atoms with Crippen molar-refractivity contribution in [1.82, 2.24) is 23.6 Å². The van der Waals surface area contributed by atoms with E-state index in [-0.39, 0.29) is 16.5 Å². The number of hydrogen-bond acceptors (Lipinski definition) is 6. The van der Waals surface area contributed by atoms with Crippen molar-refractivity contribution in [3.05, 3.63) is 47.3 Å². The third-order valence-corrected chi connectivity index (χ3v) is 8.26. The SMILES string of the molecule is Cn1cc(S(=O)(=O)N2CCN(c3ccc4c(=O)n(C5CCCC5)cnc4c3)CC2)cn1. The molecule has 2 aliphatic rings. The summed E-state index contributed by atoms with van der Waals surface area (Å²) in [6.45, 7) is 1.94. The Bertz CT molecular complexity index is 1270. The van der Waals surface area contributed by atoms with Gasteiger partial charge in [-0.25, -0.2) is 13.4 Å². The second-order valence-corrected chi connectivity index (χ2v) is 10.3. The minimum absolute atomic E-state index is 0.0239. The average molecular weight is 443 g/mol. The monoisotopic (exact) mass is 442 g/mol. The second kappa shape index (κ2) is 7.76. The molecule has 1 aliphatic carbocycles. The predicted molar refractivity (Wildman–Crippen MR) is 118 cm³/mol. The lowest BCUT2D eigenvalue weighted by Gasteiger charge is -2.35. The molecule has 0 spiro atoms. The first kappa shape index (κ1) is 20.2. The fourth-order valence-electron chi connectivity index (χ4n) is 4.63. The Balaban J connectivity index is 1.34. The zero-order chi connectivity index (χ0) is 21.6. The molecule has 164 valence electrons. The molecule has 3 heterocycles. The largest absolute Gasteiger partial charge is 0.369 e. The number of fused-ring (bicyclic) bond motifs is 1. The lowest BCUT2D eigenvalue weighted by Crippen LogP contribution is -2.48. The van der Waals surface area contributed by atoms with Crippen molar-refractivity contribution in [1.29, 1.82) is 0 Å². The van der Waals surface area contributed by atoms with Gasteiger partial charge in [-0.1, -0.05) is 12.8 Å². The van der Waals surface area contributed by atoms with Crippen molar-refractivity contribution in [3.63, 3.8) is 0 Å². The van der Waals surface area contributed by atoms with Gasteiger partial charge in [-0.05, 0) is 31.0 Å². The maximum atomic E-state index is 12.9. The molecule has 1 aliphatic heterocycles. The highest BCUT2D eigenvalue weighted by molar-refractivity contribution is 7.89. The van der Waals surface area contributed by atoms with Gasteiger partial charge in [0.05, 0.1) is 23.4 Å². The highest BCUT2D eigenvalue weighted by atomic mass is 32.2. The minimum Gasteiger partial charge on any atom is -0.369 e. The molecule has 3 aromatic rings. The minimum atomic E-state index is -3.53. The number of sulfonamides is 1. The molecule has 31 heavy (non-hydrogen) atoms. The van der Waals surface area contributed by atoms with E-state index in [0.29, 0.717) is 37.1 Å². The van der Waals surface area contributed by atoms with E-state index in [4.69, 9.17) is 0 Å². The zero-order valence-corrected chi connectivity index (χ0v) is 18.3. The fourth-order valence-corrected chi connectivity index (χ4v) is 6.04. The smallest absolute Gasteiger partial charge is 0.261 e. The Morgan fingerprint density at radius 2 is 1.81 bits per heavy atom. The highest BCUT2D eigenvalue weighted by Gasteiger charge is 2.29. The Labute approximate surface area is 181 Å². The van der Waals surface area contributed by atoms with E-state index in [1.807, 2.05) is 18.2 Å². The summed E-state index contributed by atoms with van der Waals surface area (Å²) in [5.74, 6) is 0. The van der Waals surface area contributed by atoms with Gasteiger partial charge in [0, 0.05) is 51.2 Å². The van der Waals surface area contributed by atoms with Gasteiger partial charge < -0.3 is 4.90 Å². The molecule has 0 unspecified atom stereocenters. The molecule has 9 nitrogen and oxygen atoms in total. The van der Waals surface area contributed by atoms with Gasteiger partial charge in [0.15, 0.2) is 0 Å². The molecule has 10 heteroatoms. The number of aromatic nitrogens is 4. The maximum Gasteiger partial charge on any atom is 0.261 e. The number of hydrogen-bond donors (Lipinski definition) is 0. The molecule has 1 saturated heterocycles. The Morgan fingerprint density at radius 3 is 2.48 bits per heavy atom. The molecular formula is C21H26N6O3S. The summed E-state index contributed by atoms with van der Waals surface area (Å²) < 4.78 is 30.4. The summed E-state index contributed by atoms with van der Waals surface area (Å²) in [6.07, 6.45) is 8.99. The van der Waals surface area contributed by atoms with Crippen LogP contribution in [0.4, 0.5) is 5.69 Å². The predicted octanol–water partition coefficient (Wildman–Crippen LogP) is 1.76. The summed E-state index contributed by atoms with van der Waals surface area (Å²) in [5, 5.41) is 4.61. The van der Waals surface area contributed by atoms with Crippen molar-refractivity contribution in [3.8, 4) is 0 Å². The number of benzene rings is 1. The second-order valence-electron chi connectivity index (χ2n) is 8.34. The fraction of sp³-hybridized carbons (Fsp3) is 0.476. The third-order valence-electron chi connectivity index (χ3n) is 6.41. The number of piperazine rings is 1. The molecule has 0 bridgehead atoms. The first-order valence-corrected chi connectivity index (χ1v) is 12.1. The van der Waals surface area contributed by atoms with Crippen molar-refractivity contribution < 1.29 is 8.42 Å². The van der Waals surface area contributed by atoms with E-state index in [2.05, 4.69) is 15.0 Å². The van der Waals surface area contributed by atoms with Gasteiger partial charge in [0.1, 0.15) is 4.90 Å². The molecule has 2 aromatic heterocycles. The lowest BCUT2D eigenvalue weighted by atomic mass is 10.2. The van der Waals surface area contributed by atoms with Crippen LogP contribution in [0.2, 0.25) is 0 Å². The summed E-state index contributed by atoms with van der Waals surface area (Å²) >= 11 is 0. The van der Waals surface area contributed by atoms with Crippen LogP contribution >= 0.6 is 0 Å². The molecular weight excluding hydrogens is 416 g/mol. The first-order valence-electron chi connectivity index (χ1n) is 10.7. The maximum absolute atomic E-state index is 12.9. The van der Waals surface area contributed by atoms with E-state index in [1.165, 1.54) is 21.4 Å². The highest BCUT2D eigenvalue weighted by Crippen LogP contribution is 2.29. The molecule has 2 fully saturated rings. The average Bonchev–Trinajstić information content (AvgIpc) is 3.46. The lowest BCUT2D eigenvalue weighted by molar-refractivity contribution is 0.385. The Morgan fingerprint density at radius 1 is 1.06 bits per heavy atom. The van der Waals surface area contributed by atoms with Crippen LogP contribution in [0.5, 0.6) is 0 Å². The summed E-state index contributed by atoms with van der Waals surface area (Å²) in [7, 11) is -1.83. The van der Waals surface area contributed by atoms with Crippen molar-refractivity contribution in [2.45, 2.75) is 36.6 Å². The van der Waals surface area contributed by atoms with Crippen LogP contribution in [0.1, 0.15) is 31.7 Å². The van der Waals surface area contributed by atoms with Crippen LogP contribution in [-0.4, -0.2) is 58.2 Å². The summed E-state index contributed by atoms with van der Waals surface area (Å²) in [4.78, 5) is 19.8. The van der Waals surface area contributed by atoms with Gasteiger partial charge >= 0.3 is 0 Å². The molecule has 0 amide bonds. The van der Waals surface area contributed by atoms with Crippen molar-refractivity contribution in [2.24, 2.45) is 7.05 Å². The quantitative estimate of drug-likeness (QED) is 0.611. The van der Waals surface area contributed by atoms with Crippen LogP contribution in [0.15, 0.2) is 46.6 Å². The van der Waals surface area contributed by atoms with Crippen LogP contribution in [0, 0.1) is 0 Å². The van der Waals surface area contributed by atoms with Crippen LogP contribution < -0.4 is 10.5 Å². The molecule has 0 atom stereocenters. The summed E-state index contributed by atoms with van der Waals surface area (Å²) in [6, 6.07) is 5.99. The van der Waals surface area contributed by atoms with Gasteiger partial charge in [-0.3, -0.25) is 14.0 Å². The Hall–Kier alpha value is -2.72. The number of nitrogens with zero attached hydrogens (tertiary/aromatic N) is 6. The Kier molecular flexibility index (Phi) is 5.05. The molecule has 1 saturated carbocycles. The topological polar surface area (TPSA) is 93.3 Å². The van der Waals surface area contributed by atoms with Gasteiger partial charge in [0.2, 0.25) is 10.0 Å². The van der Waals surface area contributed by atoms with Crippen LogP contribution in [0.3, 0.4) is 0 Å². The number of rotatable bonds is 4. The van der Waals surface area contributed by atoms with E-state index >= 15 is 0 Å². The van der Waals surface area contributed by atoms with Crippen LogP contribution in [-0.2, 0) is 17.1 Å². The molecule has 0 radical (unpaired) electrons. The molecule has 5 rings (SSSR count). The van der Waals surface area contributed by atoms with E-state index in [0.717, 1.165) is 31.4 Å². The first-order chi connectivity index (χ1) is 14.9. The zero-order valence-electron chi connectivity index (χ0n) is 17.5. The van der Waals surface area contributed by atoms with Crippen molar-refractivity contribution >= 4 is 26.6 Å². The van der Waals surface area contributed by atoms with E-state index in [9.17, 15) is 13.2 Å². The standard InChI is InChI=1S/C21H26N6O3S/c1-24-14-18(13-23-24)31(29,30)26-10-8-25(9-11-26)17-6-7-19-20(12-17)22-15-27(21(19)28)16-4-2-3-5-16/h6-7,12-16H,2-5,8-11H2,1H3.